The van der Waals surface area contributed by atoms with Gasteiger partial charge in [-0.05, 0) is 62.4 Å². The first kappa shape index (κ1) is 29.1. The lowest BCUT2D eigenvalue weighted by Gasteiger charge is -2.33. The van der Waals surface area contributed by atoms with E-state index in [-0.39, 0.29) is 58.6 Å². The summed E-state index contributed by atoms with van der Waals surface area (Å²) in [6.45, 7) is 2.42. The molecule has 2 atom stereocenters. The van der Waals surface area contributed by atoms with Crippen LogP contribution in [0.15, 0.2) is 54.4 Å². The number of hydrogen-bond donors (Lipinski definition) is 2. The molecule has 10 nitrogen and oxygen atoms in total. The summed E-state index contributed by atoms with van der Waals surface area (Å²) in [6, 6.07) is 9.09. The Morgan fingerprint density at radius 3 is 2.77 bits per heavy atom. The molecule has 2 aromatic heterocycles. The summed E-state index contributed by atoms with van der Waals surface area (Å²) in [7, 11) is 0. The molecule has 1 amide bonds. The molecule has 0 radical (unpaired) electrons. The van der Waals surface area contributed by atoms with Crippen LogP contribution in [-0.2, 0) is 4.79 Å². The Balaban J connectivity index is 1.30. The number of benzene rings is 2. The van der Waals surface area contributed by atoms with Crippen molar-refractivity contribution < 1.29 is 22.7 Å². The average Bonchev–Trinajstić information content (AvgIpc) is 3.43. The monoisotopic (exact) mass is 602 g/mol. The van der Waals surface area contributed by atoms with Crippen LogP contribution < -0.4 is 15.8 Å². The largest absolute Gasteiger partial charge is 0.454 e. The molecule has 2 saturated heterocycles. The fourth-order valence-corrected chi connectivity index (χ4v) is 5.80. The lowest BCUT2D eigenvalue weighted by atomic mass is 9.96. The van der Waals surface area contributed by atoms with Crippen LogP contribution in [0.4, 0.5) is 19.0 Å². The van der Waals surface area contributed by atoms with Gasteiger partial charge in [-0.15, -0.1) is 0 Å². The number of nitriles is 1. The van der Waals surface area contributed by atoms with Crippen LogP contribution >= 0.6 is 0 Å². The summed E-state index contributed by atoms with van der Waals surface area (Å²) in [4.78, 5) is 23.5. The summed E-state index contributed by atoms with van der Waals surface area (Å²) >= 11 is 0. The summed E-state index contributed by atoms with van der Waals surface area (Å²) in [5.41, 5.74) is 6.98. The third-order valence-electron chi connectivity index (χ3n) is 7.98. The van der Waals surface area contributed by atoms with Crippen LogP contribution in [-0.4, -0.2) is 56.7 Å². The Kier molecular flexibility index (Phi) is 8.17. The molecule has 6 rings (SSSR count). The van der Waals surface area contributed by atoms with Crippen molar-refractivity contribution in [2.24, 2.45) is 5.92 Å². The maximum Gasteiger partial charge on any atom is 0.264 e. The van der Waals surface area contributed by atoms with Crippen molar-refractivity contribution in [2.45, 2.75) is 31.7 Å². The average molecular weight is 603 g/mol. The minimum atomic E-state index is -1.19. The number of amides is 1. The molecule has 2 aliphatic rings. The van der Waals surface area contributed by atoms with Crippen LogP contribution in [0.5, 0.6) is 11.5 Å². The molecule has 3 N–H and O–H groups in total. The molecular formula is C31H29F3N8O2. The predicted molar refractivity (Wildman–Crippen MR) is 156 cm³/mol. The summed E-state index contributed by atoms with van der Waals surface area (Å²) in [5.74, 6) is -3.55. The van der Waals surface area contributed by atoms with Gasteiger partial charge < -0.3 is 20.7 Å². The molecule has 4 heterocycles. The standard InChI is InChI=1S/C31H29F3N8O2/c32-23-6-1-7-25(27(23)34)44-21-8-9-22(24(33)13-21)28-26-29(36)38-17-39-30(26)42(40-28)20-5-3-11-41(16-20)31(43)19(14-35)12-18-4-2-10-37-15-18/h1,6-9,12-13,17-18,20,37H,2-5,10-11,15-16H2,(H2,36,38,39). The molecule has 4 aromatic rings. The number of nitrogens with one attached hydrogen (secondary N) is 1. The van der Waals surface area contributed by atoms with Crippen LogP contribution in [0.25, 0.3) is 22.3 Å². The molecule has 0 aliphatic carbocycles. The number of halogens is 3. The van der Waals surface area contributed by atoms with Crippen LogP contribution in [0, 0.1) is 34.7 Å². The van der Waals surface area contributed by atoms with E-state index in [4.69, 9.17) is 15.6 Å². The van der Waals surface area contributed by atoms with Gasteiger partial charge >= 0.3 is 0 Å². The Labute approximate surface area is 250 Å². The topological polar surface area (TPSA) is 135 Å². The van der Waals surface area contributed by atoms with Crippen LogP contribution in [0.1, 0.15) is 31.7 Å². The van der Waals surface area contributed by atoms with Crippen molar-refractivity contribution in [1.82, 2.24) is 30.0 Å². The maximum atomic E-state index is 15.5. The third-order valence-corrected chi connectivity index (χ3v) is 7.98. The van der Waals surface area contributed by atoms with Crippen molar-refractivity contribution in [1.29, 1.82) is 5.26 Å². The number of aromatic nitrogens is 4. The molecular weight excluding hydrogens is 573 g/mol. The number of hydrogen-bond acceptors (Lipinski definition) is 8. The zero-order valence-electron chi connectivity index (χ0n) is 23.6. The highest BCUT2D eigenvalue weighted by atomic mass is 19.2. The van der Waals surface area contributed by atoms with Gasteiger partial charge in [-0.1, -0.05) is 12.1 Å². The quantitative estimate of drug-likeness (QED) is 0.235. The highest BCUT2D eigenvalue weighted by Crippen LogP contribution is 2.37. The van der Waals surface area contributed by atoms with Gasteiger partial charge in [0.2, 0.25) is 5.82 Å². The second-order valence-electron chi connectivity index (χ2n) is 10.9. The van der Waals surface area contributed by atoms with Crippen molar-refractivity contribution in [2.75, 3.05) is 31.9 Å². The second-order valence-corrected chi connectivity index (χ2v) is 10.9. The van der Waals surface area contributed by atoms with Crippen molar-refractivity contribution >= 4 is 22.8 Å². The number of anilines is 1. The number of nitrogens with zero attached hydrogens (tertiary/aromatic N) is 6. The van der Waals surface area contributed by atoms with Crippen LogP contribution in [0.2, 0.25) is 0 Å². The number of nitrogens with two attached hydrogens (primary N) is 1. The molecule has 0 bridgehead atoms. The summed E-state index contributed by atoms with van der Waals surface area (Å²) < 4.78 is 50.3. The molecule has 13 heteroatoms. The van der Waals surface area contributed by atoms with E-state index < -0.39 is 17.5 Å². The van der Waals surface area contributed by atoms with E-state index in [1.165, 1.54) is 30.6 Å². The van der Waals surface area contributed by atoms with E-state index in [1.54, 1.807) is 15.7 Å². The third kappa shape index (κ3) is 5.68. The van der Waals surface area contributed by atoms with Gasteiger partial charge in [0.1, 0.15) is 41.0 Å². The van der Waals surface area contributed by atoms with Gasteiger partial charge in [-0.25, -0.2) is 23.4 Å². The van der Waals surface area contributed by atoms with E-state index in [1.807, 2.05) is 0 Å². The first-order chi connectivity index (χ1) is 21.3. The molecule has 226 valence electrons. The van der Waals surface area contributed by atoms with E-state index in [0.717, 1.165) is 38.1 Å². The smallest absolute Gasteiger partial charge is 0.264 e. The van der Waals surface area contributed by atoms with Gasteiger partial charge in [-0.3, -0.25) is 4.79 Å². The fourth-order valence-electron chi connectivity index (χ4n) is 5.80. The molecule has 44 heavy (non-hydrogen) atoms. The molecule has 2 aromatic carbocycles. The Bertz CT molecular complexity index is 1790. The summed E-state index contributed by atoms with van der Waals surface area (Å²) in [6.07, 6.45) is 6.29. The molecule has 2 fully saturated rings. The van der Waals surface area contributed by atoms with Gasteiger partial charge in [0.25, 0.3) is 5.91 Å². The number of carbonyl (C=O) groups is 1. The van der Waals surface area contributed by atoms with Gasteiger partial charge in [0, 0.05) is 31.3 Å². The van der Waals surface area contributed by atoms with Crippen molar-refractivity contribution in [3.63, 3.8) is 0 Å². The summed E-state index contributed by atoms with van der Waals surface area (Å²) in [5, 5.41) is 18.1. The fraction of sp³-hybridized carbons (Fsp3) is 0.323. The van der Waals surface area contributed by atoms with E-state index in [2.05, 4.69) is 21.4 Å². The maximum absolute atomic E-state index is 15.5. The van der Waals surface area contributed by atoms with Crippen molar-refractivity contribution in [3.8, 4) is 28.8 Å². The van der Waals surface area contributed by atoms with Gasteiger partial charge in [-0.2, -0.15) is 14.8 Å². The highest BCUT2D eigenvalue weighted by molar-refractivity contribution is 5.99. The number of fused-ring (bicyclic) bond motifs is 1. The minimum absolute atomic E-state index is 0.0458. The lowest BCUT2D eigenvalue weighted by Crippen LogP contribution is -2.41. The zero-order valence-corrected chi connectivity index (χ0v) is 23.6. The van der Waals surface area contributed by atoms with E-state index in [0.29, 0.717) is 30.4 Å². The number of rotatable bonds is 6. The highest BCUT2D eigenvalue weighted by Gasteiger charge is 2.31. The predicted octanol–water partition coefficient (Wildman–Crippen LogP) is 4.90. The number of likely N-dealkylation sites (tertiary alicyclic amines) is 1. The number of carbonyl (C=O) groups excluding carboxylic acids is 1. The number of piperidine rings is 2. The normalized spacial score (nSPS) is 19.1. The minimum Gasteiger partial charge on any atom is -0.454 e. The van der Waals surface area contributed by atoms with Crippen molar-refractivity contribution in [3.05, 3.63) is 71.8 Å². The first-order valence-corrected chi connectivity index (χ1v) is 14.4. The van der Waals surface area contributed by atoms with Crippen LogP contribution in [0.3, 0.4) is 0 Å². The van der Waals surface area contributed by atoms with Gasteiger partial charge in [0.05, 0.1) is 11.4 Å². The molecule has 0 saturated carbocycles. The molecule has 0 spiro atoms. The second kappa shape index (κ2) is 12.3. The van der Waals surface area contributed by atoms with Gasteiger partial charge in [0.15, 0.2) is 17.2 Å². The Hall–Kier alpha value is -4.96. The lowest BCUT2D eigenvalue weighted by molar-refractivity contribution is -0.128. The molecule has 2 aliphatic heterocycles. The number of ether oxygens (including phenoxy) is 1. The Morgan fingerprint density at radius 1 is 1.14 bits per heavy atom. The van der Waals surface area contributed by atoms with E-state index >= 15 is 4.39 Å². The number of nitrogen functional groups attached to an aromatic ring is 1. The zero-order chi connectivity index (χ0) is 30.8. The molecule has 2 unspecified atom stereocenters. The Morgan fingerprint density at radius 2 is 2.00 bits per heavy atom. The van der Waals surface area contributed by atoms with E-state index in [9.17, 15) is 18.8 Å². The SMILES string of the molecule is N#CC(=CC1CCCNC1)C(=O)N1CCCC(n2nc(-c3ccc(Oc4cccc(F)c4F)cc3F)c3c(N)ncnc32)C1. The first-order valence-electron chi connectivity index (χ1n) is 14.4.